The molecular weight excluding hydrogens is 1780 g/mol. The minimum atomic E-state index is -3.23. The number of ether oxygens (including phenoxy) is 6. The second kappa shape index (κ2) is 44.5. The molecule has 7 aromatic carbocycles. The highest BCUT2D eigenvalue weighted by Crippen LogP contribution is 2.54. The maximum atomic E-state index is 15.5. The number of nitrogens with zero attached hydrogens (tertiary/aromatic N) is 11. The Morgan fingerprint density at radius 2 is 0.939 bits per heavy atom. The predicted molar refractivity (Wildman–Crippen MR) is 531 cm³/mol. The minimum absolute atomic E-state index is 0.0672. The molecule has 0 bridgehead atoms. The van der Waals surface area contributed by atoms with Crippen molar-refractivity contribution in [2.45, 2.75) is 90.9 Å². The van der Waals surface area contributed by atoms with Gasteiger partial charge in [0.25, 0.3) is 5.92 Å². The number of carboxylic acids is 2. The number of rotatable bonds is 20. The van der Waals surface area contributed by atoms with Gasteiger partial charge in [-0.25, -0.2) is 34.0 Å². The lowest BCUT2D eigenvalue weighted by atomic mass is 9.85. The number of alkyl halides is 2. The van der Waals surface area contributed by atoms with E-state index in [4.69, 9.17) is 71.3 Å². The third-order valence-electron chi connectivity index (χ3n) is 24.6. The molecule has 5 saturated heterocycles. The summed E-state index contributed by atoms with van der Waals surface area (Å²) in [6.07, 6.45) is 10.4. The maximum absolute atomic E-state index is 15.5. The Labute approximate surface area is 794 Å². The number of methoxy groups -OCH3 is 1. The first-order valence-corrected chi connectivity index (χ1v) is 48.8. The van der Waals surface area contributed by atoms with E-state index < -0.39 is 17.9 Å². The van der Waals surface area contributed by atoms with Crippen LogP contribution in [0.25, 0.3) is 51.7 Å². The van der Waals surface area contributed by atoms with Crippen molar-refractivity contribution < 1.29 is 57.0 Å². The van der Waals surface area contributed by atoms with Crippen LogP contribution in [0.3, 0.4) is 0 Å². The summed E-state index contributed by atoms with van der Waals surface area (Å²) in [7, 11) is 1.60. The lowest BCUT2D eigenvalue weighted by Crippen LogP contribution is -2.36. The van der Waals surface area contributed by atoms with Gasteiger partial charge in [-0.15, -0.1) is 45.3 Å². The van der Waals surface area contributed by atoms with Crippen LogP contribution in [0.5, 0.6) is 0 Å². The van der Waals surface area contributed by atoms with Crippen LogP contribution in [-0.4, -0.2) is 177 Å². The van der Waals surface area contributed by atoms with E-state index in [1.54, 1.807) is 42.8 Å². The first-order chi connectivity index (χ1) is 64.1. The van der Waals surface area contributed by atoms with Crippen LogP contribution < -0.4 is 24.5 Å². The highest BCUT2D eigenvalue weighted by Gasteiger charge is 2.42. The predicted octanol–water partition coefficient (Wildman–Crippen LogP) is 24.1. The topological polar surface area (TPSA) is 189 Å². The molecule has 2 N–H and O–H groups in total. The van der Waals surface area contributed by atoms with Crippen LogP contribution in [0, 0.1) is 53.0 Å². The number of thiophene rings is 4. The summed E-state index contributed by atoms with van der Waals surface area (Å²) >= 11 is 13.2. The standard InChI is InChI=1S/C23H22N2O4S.C21H18F2N2OS.C21H24N2OS.C20H19N3OS.C18H21ClN2O3S/c1-24-20-19(21(23(26)27)30-22(20)25-9-11-29-12-10-25)18(14-28-2)17-8-7-15-5-3-4-6-16(15)13-17;1-14-18(19(24-2)20(27-14)25-9-11-26-12-10-25)21(22,23)17-8-7-15-5-3-4-6-16(15)13-17;1-15-19(14-16-7-8-17-5-3-4-6-18(17)13-16)20(22-2)21(25-15)23-9-11-24-12-10-23;1-14-18(12-15-3-4-16-5-6-22-13-17(16)11-15)19(21-2)20(25-14)23-7-9-24-10-8-23;1-11(2)14(12-3-5-13(19)6-4-12)15-16(17(22)23)25-18(20-15)21-7-9-24-10-8-21/h3-8,13,18H,9-12,14H2,2H3,(H,26,27);3-8,13H,9-12H2,1H3;7-8,13H,3-6,9-12,14H2,1H3;3-6,11,13H,7-10,12H2,1H3;3-6,11,14H,7-10H2,1-2H3,(H,22,23). The molecule has 1 aliphatic carbocycles. The molecule has 132 heavy (non-hydrogen) atoms. The van der Waals surface area contributed by atoms with E-state index in [1.807, 2.05) is 108 Å². The summed E-state index contributed by atoms with van der Waals surface area (Å²) < 4.78 is 63.6. The number of pyridine rings is 1. The fraction of sp³-hybridized carbons (Fsp3) is 0.359. The Hall–Kier alpha value is -11.3. The molecule has 13 aromatic rings. The molecule has 19 rings (SSSR count). The first-order valence-electron chi connectivity index (χ1n) is 44.3. The minimum Gasteiger partial charge on any atom is -0.477 e. The molecule has 2 unspecified atom stereocenters. The Morgan fingerprint density at radius 1 is 0.492 bits per heavy atom. The van der Waals surface area contributed by atoms with Gasteiger partial charge < -0.3 is 63.1 Å². The van der Waals surface area contributed by atoms with Crippen molar-refractivity contribution in [3.8, 4) is 0 Å². The van der Waals surface area contributed by atoms with Crippen molar-refractivity contribution in [1.29, 1.82) is 0 Å². The lowest BCUT2D eigenvalue weighted by molar-refractivity contribution is 0.0437. The van der Waals surface area contributed by atoms with Crippen molar-refractivity contribution >= 4 is 160 Å². The normalized spacial score (nSPS) is 15.6. The van der Waals surface area contributed by atoms with Gasteiger partial charge in [-0.1, -0.05) is 158 Å². The molecule has 2 atom stereocenters. The number of halogens is 3. The molecule has 0 saturated carbocycles. The molecule has 29 heteroatoms. The van der Waals surface area contributed by atoms with E-state index in [-0.39, 0.29) is 39.4 Å². The van der Waals surface area contributed by atoms with Crippen LogP contribution in [0.4, 0.5) is 56.7 Å². The molecule has 0 amide bonds. The Kier molecular flexibility index (Phi) is 32.1. The van der Waals surface area contributed by atoms with E-state index in [1.165, 1.54) is 115 Å². The second-order valence-electron chi connectivity index (χ2n) is 33.3. The molecule has 5 aliphatic heterocycles. The van der Waals surface area contributed by atoms with Gasteiger partial charge in [0, 0.05) is 123 Å². The first kappa shape index (κ1) is 95.3. The molecule has 6 aliphatic rings. The highest BCUT2D eigenvalue weighted by molar-refractivity contribution is 7.19. The van der Waals surface area contributed by atoms with Crippen molar-refractivity contribution in [2.24, 2.45) is 5.92 Å². The van der Waals surface area contributed by atoms with Crippen LogP contribution in [0.2, 0.25) is 5.02 Å². The molecular formula is C103H104ClF2N11O10S5. The van der Waals surface area contributed by atoms with E-state index in [0.29, 0.717) is 114 Å². The quantitative estimate of drug-likeness (QED) is 0.0685. The van der Waals surface area contributed by atoms with Crippen LogP contribution in [0.1, 0.15) is 139 Å². The molecule has 11 heterocycles. The average molecular weight is 1890 g/mol. The average Bonchev–Trinajstić information content (AvgIpc) is 1.60. The number of thiazole rings is 1. The Balaban J connectivity index is 0.000000126. The number of carboxylic acid groups (broad SMARTS) is 2. The fourth-order valence-electron chi connectivity index (χ4n) is 17.8. The number of carbonyl (C=O) groups is 2. The van der Waals surface area contributed by atoms with Crippen molar-refractivity contribution in [2.75, 3.05) is 170 Å². The van der Waals surface area contributed by atoms with Crippen molar-refractivity contribution in [3.63, 3.8) is 0 Å². The molecule has 6 aromatic heterocycles. The SMILES string of the molecule is CC(C)C(c1ccc(Cl)cc1)c1nc(N2CCOCC2)sc1C(=O)O.[C-]#[N+]c1c(N2CCOCC2)sc(C(=O)O)c1C(COC)c1ccc2ccccc2c1.[C-]#[N+]c1c(N2CCOCC2)sc(C)c1C(F)(F)c1ccc2ccccc2c1.[C-]#[N+]c1c(N2CCOCC2)sc(C)c1Cc1ccc2c(c1)CCCC2.[C-]#[N+]c1c(N2CCOCC2)sc(C)c1Cc1ccc2ccncc2c1. The zero-order chi connectivity index (χ0) is 92.5. The number of hydrogen-bond donors (Lipinski definition) is 2. The van der Waals surface area contributed by atoms with E-state index in [9.17, 15) is 19.8 Å². The maximum Gasteiger partial charge on any atom is 0.347 e. The zero-order valence-corrected chi connectivity index (χ0v) is 79.5. The Bertz CT molecular complexity index is 6430. The zero-order valence-electron chi connectivity index (χ0n) is 74.7. The number of anilines is 5. The fourth-order valence-corrected chi connectivity index (χ4v) is 23.6. The molecule has 0 spiro atoms. The third kappa shape index (κ3) is 22.0. The lowest BCUT2D eigenvalue weighted by Gasteiger charge is -2.28. The number of benzene rings is 7. The second-order valence-corrected chi connectivity index (χ2v) is 39.3. The van der Waals surface area contributed by atoms with Gasteiger partial charge in [0.15, 0.2) is 5.13 Å². The molecule has 5 fully saturated rings. The number of aromatic carboxylic acids is 2. The number of fused-ring (bicyclic) bond motifs is 4. The number of hydrogen-bond acceptors (Lipinski definition) is 20. The summed E-state index contributed by atoms with van der Waals surface area (Å²) in [4.78, 5) is 62.4. The largest absolute Gasteiger partial charge is 0.477 e. The molecule has 0 radical (unpaired) electrons. The van der Waals surface area contributed by atoms with Gasteiger partial charge in [-0.05, 0) is 182 Å². The van der Waals surface area contributed by atoms with E-state index >= 15 is 8.78 Å². The van der Waals surface area contributed by atoms with E-state index in [2.05, 4.69) is 114 Å². The van der Waals surface area contributed by atoms with E-state index in [0.717, 1.165) is 149 Å². The number of aromatic nitrogens is 2. The summed E-state index contributed by atoms with van der Waals surface area (Å²) in [5.74, 6) is -5.39. The number of morpholine rings is 5. The van der Waals surface area contributed by atoms with Gasteiger partial charge in [0.1, 0.15) is 9.75 Å². The molecule has 21 nitrogen and oxygen atoms in total. The van der Waals surface area contributed by atoms with Gasteiger partial charge >= 0.3 is 11.9 Å². The summed E-state index contributed by atoms with van der Waals surface area (Å²) in [5, 5.41) is 30.9. The summed E-state index contributed by atoms with van der Waals surface area (Å²) in [6.45, 7) is 55.3. The smallest absolute Gasteiger partial charge is 0.347 e. The van der Waals surface area contributed by atoms with Crippen molar-refractivity contribution in [3.05, 3.63) is 306 Å². The van der Waals surface area contributed by atoms with Gasteiger partial charge in [0.2, 0.25) is 22.7 Å². The monoisotopic (exact) mass is 1890 g/mol. The summed E-state index contributed by atoms with van der Waals surface area (Å²) in [6, 6.07) is 49.3. The summed E-state index contributed by atoms with van der Waals surface area (Å²) in [5.41, 5.74) is 13.0. The van der Waals surface area contributed by atoms with Crippen LogP contribution in [-0.2, 0) is 60.0 Å². The molecule has 682 valence electrons. The van der Waals surface area contributed by atoms with Crippen LogP contribution >= 0.6 is 68.3 Å². The third-order valence-corrected chi connectivity index (χ3v) is 30.7. The van der Waals surface area contributed by atoms with Crippen molar-refractivity contribution in [1.82, 2.24) is 9.97 Å². The Morgan fingerprint density at radius 3 is 1.45 bits per heavy atom. The van der Waals surface area contributed by atoms with Gasteiger partial charge in [-0.3, -0.25) is 4.98 Å². The van der Waals surface area contributed by atoms with Gasteiger partial charge in [0.05, 0.1) is 125 Å². The van der Waals surface area contributed by atoms with Gasteiger partial charge in [-0.2, -0.15) is 8.78 Å². The van der Waals surface area contributed by atoms with Crippen LogP contribution in [0.15, 0.2) is 164 Å². The number of aryl methyl sites for hydroxylation is 5. The highest BCUT2D eigenvalue weighted by atomic mass is 35.5.